The van der Waals surface area contributed by atoms with E-state index in [0.29, 0.717) is 23.0 Å². The van der Waals surface area contributed by atoms with Gasteiger partial charge in [-0.1, -0.05) is 13.8 Å². The van der Waals surface area contributed by atoms with Crippen molar-refractivity contribution in [1.29, 1.82) is 5.26 Å². The number of nitriles is 1. The SMILES string of the molecule is Cc1nc(CC(C)C)nc(N)c1C#N. The van der Waals surface area contributed by atoms with Crippen LogP contribution in [0.2, 0.25) is 0 Å². The van der Waals surface area contributed by atoms with Crippen molar-refractivity contribution in [2.45, 2.75) is 27.2 Å². The molecule has 14 heavy (non-hydrogen) atoms. The monoisotopic (exact) mass is 190 g/mol. The van der Waals surface area contributed by atoms with E-state index in [-0.39, 0.29) is 5.82 Å². The molecule has 0 bridgehead atoms. The third kappa shape index (κ3) is 2.19. The van der Waals surface area contributed by atoms with Gasteiger partial charge >= 0.3 is 0 Å². The Labute approximate surface area is 83.8 Å². The maximum atomic E-state index is 8.76. The number of aromatic nitrogens is 2. The van der Waals surface area contributed by atoms with E-state index in [0.717, 1.165) is 6.42 Å². The van der Waals surface area contributed by atoms with Crippen LogP contribution in [0, 0.1) is 24.2 Å². The van der Waals surface area contributed by atoms with Gasteiger partial charge < -0.3 is 5.73 Å². The minimum Gasteiger partial charge on any atom is -0.382 e. The zero-order valence-electron chi connectivity index (χ0n) is 8.70. The fourth-order valence-corrected chi connectivity index (χ4v) is 1.25. The van der Waals surface area contributed by atoms with Crippen LogP contribution in [-0.2, 0) is 6.42 Å². The van der Waals surface area contributed by atoms with Crippen LogP contribution in [0.25, 0.3) is 0 Å². The molecular weight excluding hydrogens is 176 g/mol. The Morgan fingerprint density at radius 3 is 2.50 bits per heavy atom. The Balaban J connectivity index is 3.09. The van der Waals surface area contributed by atoms with Crippen LogP contribution in [0.1, 0.15) is 30.9 Å². The first-order chi connectivity index (χ1) is 6.54. The molecule has 0 radical (unpaired) electrons. The number of hydrogen-bond donors (Lipinski definition) is 1. The summed E-state index contributed by atoms with van der Waals surface area (Å²) >= 11 is 0. The third-order valence-electron chi connectivity index (χ3n) is 1.87. The molecule has 0 saturated carbocycles. The highest BCUT2D eigenvalue weighted by molar-refractivity contribution is 5.50. The van der Waals surface area contributed by atoms with Crippen molar-refractivity contribution in [3.05, 3.63) is 17.1 Å². The molecule has 1 aromatic heterocycles. The lowest BCUT2D eigenvalue weighted by atomic mass is 10.1. The zero-order chi connectivity index (χ0) is 10.7. The maximum Gasteiger partial charge on any atom is 0.145 e. The summed E-state index contributed by atoms with van der Waals surface area (Å²) in [6.07, 6.45) is 0.788. The minimum absolute atomic E-state index is 0.288. The summed E-state index contributed by atoms with van der Waals surface area (Å²) in [7, 11) is 0. The van der Waals surface area contributed by atoms with Gasteiger partial charge in [0.05, 0.1) is 5.69 Å². The minimum atomic E-state index is 0.288. The van der Waals surface area contributed by atoms with Crippen molar-refractivity contribution in [2.75, 3.05) is 5.73 Å². The van der Waals surface area contributed by atoms with Crippen molar-refractivity contribution in [3.63, 3.8) is 0 Å². The van der Waals surface area contributed by atoms with Gasteiger partial charge in [0.1, 0.15) is 23.3 Å². The molecule has 1 rings (SSSR count). The van der Waals surface area contributed by atoms with Crippen molar-refractivity contribution in [2.24, 2.45) is 5.92 Å². The maximum absolute atomic E-state index is 8.76. The Kier molecular flexibility index (Phi) is 3.03. The molecule has 0 aliphatic carbocycles. The van der Waals surface area contributed by atoms with Gasteiger partial charge in [-0.25, -0.2) is 9.97 Å². The molecule has 0 fully saturated rings. The average molecular weight is 190 g/mol. The summed E-state index contributed by atoms with van der Waals surface area (Å²) in [6, 6.07) is 1.99. The largest absolute Gasteiger partial charge is 0.382 e. The van der Waals surface area contributed by atoms with Gasteiger partial charge in [0.25, 0.3) is 0 Å². The number of anilines is 1. The predicted octanol–water partition coefficient (Wildman–Crippen LogP) is 1.44. The zero-order valence-corrected chi connectivity index (χ0v) is 8.70. The normalized spacial score (nSPS) is 10.2. The van der Waals surface area contributed by atoms with Gasteiger partial charge in [-0.15, -0.1) is 0 Å². The molecule has 74 valence electrons. The summed E-state index contributed by atoms with van der Waals surface area (Å²) in [6.45, 7) is 5.96. The lowest BCUT2D eigenvalue weighted by molar-refractivity contribution is 0.619. The van der Waals surface area contributed by atoms with E-state index in [1.165, 1.54) is 0 Å². The molecule has 4 nitrogen and oxygen atoms in total. The molecule has 2 N–H and O–H groups in total. The Bertz CT molecular complexity index is 353. The predicted molar refractivity (Wildman–Crippen MR) is 54.4 cm³/mol. The van der Waals surface area contributed by atoms with Crippen molar-refractivity contribution >= 4 is 5.82 Å². The van der Waals surface area contributed by atoms with E-state index in [2.05, 4.69) is 23.8 Å². The number of nitrogen functional groups attached to an aromatic ring is 1. The molecule has 1 aromatic rings. The van der Waals surface area contributed by atoms with Crippen LogP contribution in [0.5, 0.6) is 0 Å². The second kappa shape index (κ2) is 4.05. The van der Waals surface area contributed by atoms with E-state index < -0.39 is 0 Å². The molecule has 0 aliphatic heterocycles. The molecule has 0 atom stereocenters. The molecule has 4 heteroatoms. The summed E-state index contributed by atoms with van der Waals surface area (Å²) in [5.41, 5.74) is 6.68. The lowest BCUT2D eigenvalue weighted by Crippen LogP contribution is -2.07. The van der Waals surface area contributed by atoms with Crippen LogP contribution in [0.3, 0.4) is 0 Å². The second-order valence-electron chi connectivity index (χ2n) is 3.70. The quantitative estimate of drug-likeness (QED) is 0.765. The highest BCUT2D eigenvalue weighted by Gasteiger charge is 2.09. The molecule has 0 aliphatic rings. The summed E-state index contributed by atoms with van der Waals surface area (Å²) < 4.78 is 0. The summed E-state index contributed by atoms with van der Waals surface area (Å²) in [4.78, 5) is 8.32. The summed E-state index contributed by atoms with van der Waals surface area (Å²) in [5.74, 6) is 1.49. The van der Waals surface area contributed by atoms with Crippen molar-refractivity contribution < 1.29 is 0 Å². The van der Waals surface area contributed by atoms with Crippen LogP contribution in [0.15, 0.2) is 0 Å². The molecule has 0 amide bonds. The van der Waals surface area contributed by atoms with E-state index in [1.807, 2.05) is 6.07 Å². The van der Waals surface area contributed by atoms with Gasteiger partial charge in [0, 0.05) is 6.42 Å². The fraction of sp³-hybridized carbons (Fsp3) is 0.500. The second-order valence-corrected chi connectivity index (χ2v) is 3.70. The van der Waals surface area contributed by atoms with Crippen LogP contribution in [0.4, 0.5) is 5.82 Å². The first-order valence-corrected chi connectivity index (χ1v) is 4.57. The van der Waals surface area contributed by atoms with Crippen LogP contribution in [-0.4, -0.2) is 9.97 Å². The van der Waals surface area contributed by atoms with Crippen LogP contribution < -0.4 is 5.73 Å². The highest BCUT2D eigenvalue weighted by Crippen LogP contribution is 2.13. The van der Waals surface area contributed by atoms with Gasteiger partial charge in [-0.2, -0.15) is 5.26 Å². The topological polar surface area (TPSA) is 75.6 Å². The molecular formula is C10H14N4. The van der Waals surface area contributed by atoms with E-state index in [4.69, 9.17) is 11.0 Å². The first kappa shape index (κ1) is 10.5. The van der Waals surface area contributed by atoms with E-state index >= 15 is 0 Å². The van der Waals surface area contributed by atoms with Crippen molar-refractivity contribution in [1.82, 2.24) is 9.97 Å². The molecule has 1 heterocycles. The Hall–Kier alpha value is -1.63. The molecule has 0 spiro atoms. The van der Waals surface area contributed by atoms with Crippen LogP contribution >= 0.6 is 0 Å². The summed E-state index contributed by atoms with van der Waals surface area (Å²) in [5, 5.41) is 8.76. The standard InChI is InChI=1S/C10H14N4/c1-6(2)4-9-13-7(3)8(5-11)10(12)14-9/h6H,4H2,1-3H3,(H2,12,13,14). The molecule has 0 saturated heterocycles. The number of nitrogens with two attached hydrogens (primary N) is 1. The van der Waals surface area contributed by atoms with Gasteiger partial charge in [-0.05, 0) is 12.8 Å². The highest BCUT2D eigenvalue weighted by atomic mass is 15.0. The van der Waals surface area contributed by atoms with E-state index in [9.17, 15) is 0 Å². The number of hydrogen-bond acceptors (Lipinski definition) is 4. The lowest BCUT2D eigenvalue weighted by Gasteiger charge is -2.06. The van der Waals surface area contributed by atoms with Gasteiger partial charge in [0.15, 0.2) is 0 Å². The fourth-order valence-electron chi connectivity index (χ4n) is 1.25. The number of rotatable bonds is 2. The van der Waals surface area contributed by atoms with Crippen molar-refractivity contribution in [3.8, 4) is 6.07 Å². The average Bonchev–Trinajstić information content (AvgIpc) is 2.01. The first-order valence-electron chi connectivity index (χ1n) is 4.57. The molecule has 0 unspecified atom stereocenters. The van der Waals surface area contributed by atoms with Gasteiger partial charge in [0.2, 0.25) is 0 Å². The smallest absolute Gasteiger partial charge is 0.145 e. The van der Waals surface area contributed by atoms with E-state index in [1.54, 1.807) is 6.92 Å². The number of nitrogens with zero attached hydrogens (tertiary/aromatic N) is 3. The Morgan fingerprint density at radius 2 is 2.07 bits per heavy atom. The van der Waals surface area contributed by atoms with Gasteiger partial charge in [-0.3, -0.25) is 0 Å². The molecule has 0 aromatic carbocycles. The number of aryl methyl sites for hydroxylation is 1. The Morgan fingerprint density at radius 1 is 1.43 bits per heavy atom. The third-order valence-corrected chi connectivity index (χ3v) is 1.87.